The Morgan fingerprint density at radius 3 is 2.31 bits per heavy atom. The summed E-state index contributed by atoms with van der Waals surface area (Å²) in [7, 11) is 0. The Balaban J connectivity index is 2.48. The van der Waals surface area contributed by atoms with E-state index in [9.17, 15) is 13.2 Å². The number of alkyl halides is 3. The summed E-state index contributed by atoms with van der Waals surface area (Å²) in [4.78, 5) is 0.176. The van der Waals surface area contributed by atoms with E-state index < -0.39 is 5.51 Å². The van der Waals surface area contributed by atoms with Crippen molar-refractivity contribution in [2.45, 2.75) is 30.2 Å². The van der Waals surface area contributed by atoms with Crippen molar-refractivity contribution in [3.05, 3.63) is 24.3 Å². The van der Waals surface area contributed by atoms with Gasteiger partial charge >= 0.3 is 5.51 Å². The van der Waals surface area contributed by atoms with E-state index in [0.29, 0.717) is 12.4 Å². The van der Waals surface area contributed by atoms with Gasteiger partial charge in [0.2, 0.25) is 0 Å². The van der Waals surface area contributed by atoms with Crippen LogP contribution in [-0.2, 0) is 0 Å². The highest BCUT2D eigenvalue weighted by molar-refractivity contribution is 8.00. The van der Waals surface area contributed by atoms with Gasteiger partial charge in [-0.15, -0.1) is 0 Å². The molecule has 0 radical (unpaired) electrons. The zero-order chi connectivity index (χ0) is 12.0. The number of thioether (sulfide) groups is 1. The molecule has 16 heavy (non-hydrogen) atoms. The topological polar surface area (TPSA) is 9.23 Å². The maximum absolute atomic E-state index is 12.0. The van der Waals surface area contributed by atoms with Crippen molar-refractivity contribution in [2.75, 3.05) is 6.61 Å². The van der Waals surface area contributed by atoms with Gasteiger partial charge < -0.3 is 4.74 Å². The molecule has 0 heterocycles. The van der Waals surface area contributed by atoms with E-state index in [4.69, 9.17) is 4.74 Å². The smallest absolute Gasteiger partial charge is 0.446 e. The number of hydrogen-bond donors (Lipinski definition) is 0. The highest BCUT2D eigenvalue weighted by atomic mass is 32.2. The van der Waals surface area contributed by atoms with Crippen LogP contribution < -0.4 is 4.74 Å². The molecule has 0 saturated heterocycles. The van der Waals surface area contributed by atoms with Crippen LogP contribution in [0.15, 0.2) is 29.2 Å². The first-order valence-corrected chi connectivity index (χ1v) is 5.81. The van der Waals surface area contributed by atoms with E-state index in [1.54, 1.807) is 12.1 Å². The van der Waals surface area contributed by atoms with Crippen molar-refractivity contribution in [1.29, 1.82) is 0 Å². The monoisotopic (exact) mass is 250 g/mol. The van der Waals surface area contributed by atoms with Crippen molar-refractivity contribution in [2.24, 2.45) is 0 Å². The number of hydrogen-bond acceptors (Lipinski definition) is 2. The lowest BCUT2D eigenvalue weighted by molar-refractivity contribution is -0.0328. The van der Waals surface area contributed by atoms with Crippen LogP contribution >= 0.6 is 11.8 Å². The minimum Gasteiger partial charge on any atom is -0.494 e. The first-order chi connectivity index (χ1) is 7.51. The minimum absolute atomic E-state index is 0.118. The highest BCUT2D eigenvalue weighted by Crippen LogP contribution is 2.37. The Hall–Kier alpha value is -0.840. The molecule has 0 unspecified atom stereocenters. The molecule has 0 spiro atoms. The van der Waals surface area contributed by atoms with E-state index in [0.717, 1.165) is 12.8 Å². The zero-order valence-corrected chi connectivity index (χ0v) is 9.70. The van der Waals surface area contributed by atoms with Gasteiger partial charge in [-0.05, 0) is 42.4 Å². The lowest BCUT2D eigenvalue weighted by atomic mass is 10.3. The summed E-state index contributed by atoms with van der Waals surface area (Å²) in [5, 5.41) is 0. The molecule has 0 N–H and O–H groups in total. The Bertz CT molecular complexity index is 308. The Morgan fingerprint density at radius 2 is 1.81 bits per heavy atom. The second kappa shape index (κ2) is 6.03. The van der Waals surface area contributed by atoms with E-state index in [1.165, 1.54) is 12.1 Å². The van der Waals surface area contributed by atoms with Gasteiger partial charge in [-0.25, -0.2) is 0 Å². The van der Waals surface area contributed by atoms with Crippen molar-refractivity contribution in [3.8, 4) is 5.75 Å². The third kappa shape index (κ3) is 5.30. The minimum atomic E-state index is -4.23. The van der Waals surface area contributed by atoms with Crippen LogP contribution in [0.1, 0.15) is 19.8 Å². The number of halogens is 3. The van der Waals surface area contributed by atoms with Crippen molar-refractivity contribution in [3.63, 3.8) is 0 Å². The van der Waals surface area contributed by atoms with Gasteiger partial charge in [0.05, 0.1) is 6.61 Å². The van der Waals surface area contributed by atoms with Crippen LogP contribution in [0, 0.1) is 0 Å². The summed E-state index contributed by atoms with van der Waals surface area (Å²) >= 11 is -0.118. The maximum Gasteiger partial charge on any atom is 0.446 e. The molecule has 1 aromatic carbocycles. The summed E-state index contributed by atoms with van der Waals surface area (Å²) < 4.78 is 41.4. The number of ether oxygens (including phenoxy) is 1. The molecule has 5 heteroatoms. The standard InChI is InChI=1S/C11H13F3OS/c1-2-3-8-15-9-4-6-10(7-5-9)16-11(12,13)14/h4-7H,2-3,8H2,1H3. The molecule has 0 aliphatic rings. The zero-order valence-electron chi connectivity index (χ0n) is 8.88. The average molecular weight is 250 g/mol. The van der Waals surface area contributed by atoms with Gasteiger partial charge in [0.25, 0.3) is 0 Å². The van der Waals surface area contributed by atoms with Crippen LogP contribution in [0.5, 0.6) is 5.75 Å². The largest absolute Gasteiger partial charge is 0.494 e. The number of rotatable bonds is 5. The van der Waals surface area contributed by atoms with Crippen LogP contribution in [0.4, 0.5) is 13.2 Å². The molecule has 0 fully saturated rings. The second-order valence-electron chi connectivity index (χ2n) is 3.22. The van der Waals surface area contributed by atoms with E-state index in [2.05, 4.69) is 0 Å². The molecule has 0 bridgehead atoms. The highest BCUT2D eigenvalue weighted by Gasteiger charge is 2.28. The Morgan fingerprint density at radius 1 is 1.19 bits per heavy atom. The van der Waals surface area contributed by atoms with Gasteiger partial charge in [-0.1, -0.05) is 13.3 Å². The predicted octanol–water partition coefficient (Wildman–Crippen LogP) is 4.48. The first-order valence-electron chi connectivity index (χ1n) is 5.00. The fraction of sp³-hybridized carbons (Fsp3) is 0.455. The molecular formula is C11H13F3OS. The SMILES string of the molecule is CCCCOc1ccc(SC(F)(F)F)cc1. The molecule has 0 saturated carbocycles. The molecule has 0 aliphatic heterocycles. The quantitative estimate of drug-likeness (QED) is 0.563. The van der Waals surface area contributed by atoms with Gasteiger partial charge in [-0.2, -0.15) is 13.2 Å². The molecule has 0 aliphatic carbocycles. The van der Waals surface area contributed by atoms with Gasteiger partial charge in [-0.3, -0.25) is 0 Å². The molecule has 0 amide bonds. The number of unbranched alkanes of at least 4 members (excludes halogenated alkanes) is 1. The summed E-state index contributed by atoms with van der Waals surface area (Å²) in [6.07, 6.45) is 1.97. The third-order valence-electron chi connectivity index (χ3n) is 1.82. The van der Waals surface area contributed by atoms with Crippen LogP contribution in [0.2, 0.25) is 0 Å². The average Bonchev–Trinajstić information content (AvgIpc) is 2.19. The van der Waals surface area contributed by atoms with Crippen LogP contribution in [0.25, 0.3) is 0 Å². The molecule has 1 aromatic rings. The van der Waals surface area contributed by atoms with Crippen molar-refractivity contribution >= 4 is 11.8 Å². The van der Waals surface area contributed by atoms with Gasteiger partial charge in [0.1, 0.15) is 5.75 Å². The lowest BCUT2D eigenvalue weighted by Crippen LogP contribution is -1.99. The number of benzene rings is 1. The molecule has 1 nitrogen and oxygen atoms in total. The van der Waals surface area contributed by atoms with Crippen molar-refractivity contribution in [1.82, 2.24) is 0 Å². The normalized spacial score (nSPS) is 11.5. The van der Waals surface area contributed by atoms with Gasteiger partial charge in [0.15, 0.2) is 0 Å². The fourth-order valence-corrected chi connectivity index (χ4v) is 1.61. The summed E-state index contributed by atoms with van der Waals surface area (Å²) in [6.45, 7) is 2.65. The molecule has 0 aromatic heterocycles. The fourth-order valence-electron chi connectivity index (χ4n) is 1.07. The predicted molar refractivity (Wildman–Crippen MR) is 58.8 cm³/mol. The third-order valence-corrected chi connectivity index (χ3v) is 2.56. The lowest BCUT2D eigenvalue weighted by Gasteiger charge is -2.07. The van der Waals surface area contributed by atoms with E-state index in [-0.39, 0.29) is 16.7 Å². The molecule has 1 rings (SSSR count). The Kier molecular flexibility index (Phi) is 4.99. The second-order valence-corrected chi connectivity index (χ2v) is 4.36. The van der Waals surface area contributed by atoms with E-state index in [1.807, 2.05) is 6.92 Å². The Labute approximate surface area is 97.0 Å². The summed E-state index contributed by atoms with van der Waals surface area (Å²) in [5.41, 5.74) is -4.23. The maximum atomic E-state index is 12.0. The van der Waals surface area contributed by atoms with Crippen LogP contribution in [-0.4, -0.2) is 12.1 Å². The molecular weight excluding hydrogens is 237 g/mol. The molecule has 0 atom stereocenters. The molecule has 90 valence electrons. The van der Waals surface area contributed by atoms with Gasteiger partial charge in [0, 0.05) is 4.90 Å². The van der Waals surface area contributed by atoms with E-state index >= 15 is 0 Å². The summed E-state index contributed by atoms with van der Waals surface area (Å²) in [5.74, 6) is 0.611. The van der Waals surface area contributed by atoms with Crippen molar-refractivity contribution < 1.29 is 17.9 Å². The first kappa shape index (κ1) is 13.2. The van der Waals surface area contributed by atoms with Crippen LogP contribution in [0.3, 0.4) is 0 Å². The summed E-state index contributed by atoms with van der Waals surface area (Å²) in [6, 6.07) is 5.95.